The fourth-order valence-electron chi connectivity index (χ4n) is 3.67. The minimum Gasteiger partial charge on any atom is -0.357 e. The van der Waals surface area contributed by atoms with Crippen molar-refractivity contribution in [3.63, 3.8) is 0 Å². The Morgan fingerprint density at radius 1 is 1.16 bits per heavy atom. The van der Waals surface area contributed by atoms with Crippen LogP contribution in [0.5, 0.6) is 0 Å². The number of nitrogens with zero attached hydrogens (tertiary/aromatic N) is 2. The average Bonchev–Trinajstić information content (AvgIpc) is 3.16. The van der Waals surface area contributed by atoms with Crippen LogP contribution in [-0.4, -0.2) is 36.1 Å². The second-order valence-electron chi connectivity index (χ2n) is 7.63. The summed E-state index contributed by atoms with van der Waals surface area (Å²) in [4.78, 5) is 18.5. The topological polar surface area (TPSA) is 56.7 Å². The maximum Gasteiger partial charge on any atom is 0.222 e. The molecule has 2 N–H and O–H groups in total. The largest absolute Gasteiger partial charge is 0.357 e. The van der Waals surface area contributed by atoms with E-state index in [1.807, 2.05) is 30.2 Å². The summed E-state index contributed by atoms with van der Waals surface area (Å²) in [6.07, 6.45) is 3.63. The number of amides is 1. The molecule has 0 spiro atoms. The Hall–Kier alpha value is -1.81. The zero-order chi connectivity index (χ0) is 22.1. The fourth-order valence-corrected chi connectivity index (χ4v) is 4.25. The van der Waals surface area contributed by atoms with Gasteiger partial charge in [0, 0.05) is 38.4 Å². The summed E-state index contributed by atoms with van der Waals surface area (Å²) in [5.74, 6) is 1.53. The second-order valence-corrected chi connectivity index (χ2v) is 8.50. The van der Waals surface area contributed by atoms with Gasteiger partial charge in [0.15, 0.2) is 5.96 Å². The van der Waals surface area contributed by atoms with E-state index >= 15 is 0 Å². The summed E-state index contributed by atoms with van der Waals surface area (Å²) in [6.45, 7) is 5.42. The molecule has 0 radical (unpaired) electrons. The van der Waals surface area contributed by atoms with Crippen molar-refractivity contribution in [2.75, 3.05) is 19.3 Å². The lowest BCUT2D eigenvalue weighted by molar-refractivity contribution is -0.128. The minimum atomic E-state index is -0.205. The van der Waals surface area contributed by atoms with Gasteiger partial charge in [-0.2, -0.15) is 11.8 Å². The van der Waals surface area contributed by atoms with Crippen molar-refractivity contribution in [3.8, 4) is 0 Å². The van der Waals surface area contributed by atoms with Crippen LogP contribution in [0.2, 0.25) is 0 Å². The number of guanidine groups is 1. The molecular weight excluding hydrogens is 538 g/mol. The van der Waals surface area contributed by atoms with Crippen molar-refractivity contribution in [3.05, 3.63) is 70.5 Å². The summed E-state index contributed by atoms with van der Waals surface area (Å²) < 4.78 is 13.6. The number of nitrogens with one attached hydrogen (secondary N) is 2. The van der Waals surface area contributed by atoms with E-state index in [0.29, 0.717) is 26.1 Å². The Morgan fingerprint density at radius 3 is 2.69 bits per heavy atom. The van der Waals surface area contributed by atoms with Gasteiger partial charge in [0.05, 0.1) is 6.54 Å². The monoisotopic (exact) mass is 570 g/mol. The summed E-state index contributed by atoms with van der Waals surface area (Å²) in [5, 5.41) is 6.63. The van der Waals surface area contributed by atoms with Gasteiger partial charge in [-0.3, -0.25) is 4.79 Å². The average molecular weight is 571 g/mol. The molecule has 0 saturated carbocycles. The van der Waals surface area contributed by atoms with E-state index in [1.165, 1.54) is 6.07 Å². The van der Waals surface area contributed by atoms with E-state index in [1.54, 1.807) is 17.8 Å². The Labute approximate surface area is 211 Å². The Kier molecular flexibility index (Phi) is 11.3. The van der Waals surface area contributed by atoms with Gasteiger partial charge in [-0.1, -0.05) is 30.3 Å². The van der Waals surface area contributed by atoms with Crippen LogP contribution in [0.4, 0.5) is 4.39 Å². The van der Waals surface area contributed by atoms with Crippen LogP contribution in [0.1, 0.15) is 42.0 Å². The Bertz CT molecular complexity index is 925. The van der Waals surface area contributed by atoms with Crippen LogP contribution in [0.15, 0.2) is 47.5 Å². The Morgan fingerprint density at radius 2 is 1.97 bits per heavy atom. The van der Waals surface area contributed by atoms with E-state index in [-0.39, 0.29) is 35.7 Å². The third kappa shape index (κ3) is 7.95. The number of carbonyl (C=O) groups excluding carboxylic acids is 1. The first-order chi connectivity index (χ1) is 15.1. The first-order valence-electron chi connectivity index (χ1n) is 10.7. The highest BCUT2D eigenvalue weighted by Gasteiger charge is 2.19. The Balaban J connectivity index is 0.00000363. The van der Waals surface area contributed by atoms with Gasteiger partial charge < -0.3 is 15.5 Å². The van der Waals surface area contributed by atoms with E-state index in [4.69, 9.17) is 4.99 Å². The quantitative estimate of drug-likeness (QED) is 0.261. The molecule has 0 aliphatic carbocycles. The molecule has 32 heavy (non-hydrogen) atoms. The number of hydrogen-bond donors (Lipinski definition) is 2. The van der Waals surface area contributed by atoms with Gasteiger partial charge in [0.2, 0.25) is 5.91 Å². The van der Waals surface area contributed by atoms with E-state index in [0.717, 1.165) is 53.5 Å². The lowest BCUT2D eigenvalue weighted by atomic mass is 10.1. The molecule has 2 aromatic carbocycles. The zero-order valence-corrected chi connectivity index (χ0v) is 21.8. The molecule has 1 fully saturated rings. The van der Waals surface area contributed by atoms with Crippen LogP contribution >= 0.6 is 35.7 Å². The molecule has 0 unspecified atom stereocenters. The van der Waals surface area contributed by atoms with Crippen molar-refractivity contribution in [2.45, 2.75) is 45.2 Å². The number of rotatable bonds is 9. The van der Waals surface area contributed by atoms with Crippen molar-refractivity contribution >= 4 is 47.6 Å². The van der Waals surface area contributed by atoms with Crippen LogP contribution in [0, 0.1) is 5.82 Å². The summed E-state index contributed by atoms with van der Waals surface area (Å²) in [5.41, 5.74) is 4.30. The highest BCUT2D eigenvalue weighted by Crippen LogP contribution is 2.17. The molecule has 1 aliphatic rings. The molecule has 174 valence electrons. The van der Waals surface area contributed by atoms with Crippen molar-refractivity contribution in [2.24, 2.45) is 4.99 Å². The summed E-state index contributed by atoms with van der Waals surface area (Å²) >= 11 is 1.68. The van der Waals surface area contributed by atoms with E-state index in [9.17, 15) is 9.18 Å². The lowest BCUT2D eigenvalue weighted by Crippen LogP contribution is -2.37. The predicted molar refractivity (Wildman–Crippen MR) is 142 cm³/mol. The second kappa shape index (κ2) is 13.7. The molecule has 8 heteroatoms. The van der Waals surface area contributed by atoms with Crippen molar-refractivity contribution in [1.82, 2.24) is 15.5 Å². The molecule has 3 rings (SSSR count). The van der Waals surface area contributed by atoms with Crippen molar-refractivity contribution in [1.29, 1.82) is 0 Å². The lowest BCUT2D eigenvalue weighted by Gasteiger charge is -2.16. The van der Waals surface area contributed by atoms with Gasteiger partial charge >= 0.3 is 0 Å². The van der Waals surface area contributed by atoms with E-state index in [2.05, 4.69) is 28.8 Å². The van der Waals surface area contributed by atoms with Gasteiger partial charge in [-0.15, -0.1) is 24.0 Å². The summed E-state index contributed by atoms with van der Waals surface area (Å²) in [6, 6.07) is 13.2. The van der Waals surface area contributed by atoms with Gasteiger partial charge in [-0.05, 0) is 54.0 Å². The molecule has 1 saturated heterocycles. The number of hydrogen-bond acceptors (Lipinski definition) is 3. The molecule has 2 aromatic rings. The highest BCUT2D eigenvalue weighted by atomic mass is 127. The molecule has 0 bridgehead atoms. The normalized spacial score (nSPS) is 13.8. The number of benzene rings is 2. The van der Waals surface area contributed by atoms with Gasteiger partial charge in [0.25, 0.3) is 0 Å². The van der Waals surface area contributed by atoms with Crippen molar-refractivity contribution < 1.29 is 9.18 Å². The molecule has 1 aliphatic heterocycles. The van der Waals surface area contributed by atoms with Crippen LogP contribution in [-0.2, 0) is 30.2 Å². The zero-order valence-electron chi connectivity index (χ0n) is 18.7. The van der Waals surface area contributed by atoms with Crippen LogP contribution in [0.3, 0.4) is 0 Å². The number of thioether (sulfide) groups is 1. The maximum absolute atomic E-state index is 13.6. The number of halogens is 2. The highest BCUT2D eigenvalue weighted by molar-refractivity contribution is 14.0. The molecule has 0 atom stereocenters. The first-order valence-corrected chi connectivity index (χ1v) is 12.1. The predicted octanol–water partition coefficient (Wildman–Crippen LogP) is 4.68. The molecule has 1 amide bonds. The minimum absolute atomic E-state index is 0. The van der Waals surface area contributed by atoms with Gasteiger partial charge in [0.1, 0.15) is 5.82 Å². The van der Waals surface area contributed by atoms with E-state index < -0.39 is 0 Å². The molecule has 0 aromatic heterocycles. The third-order valence-corrected chi connectivity index (χ3v) is 5.81. The number of aliphatic imine (C=N–C) groups is 1. The smallest absolute Gasteiger partial charge is 0.222 e. The number of carbonyl (C=O) groups is 1. The molecule has 1 heterocycles. The SMILES string of the molecule is CCNC(=NCc1cccc(CN2CCCC2=O)c1)NCc1ccc(F)cc1CSC.I. The fraction of sp³-hybridized carbons (Fsp3) is 0.417. The standard InChI is InChI=1S/C24H31FN4OS.HI/c1-3-26-24(28-15-20-9-10-22(25)13-21(20)17-31-2)27-14-18-6-4-7-19(12-18)16-29-11-5-8-23(29)30;/h4,6-7,9-10,12-13H,3,5,8,11,14-17H2,1-2H3,(H2,26,27,28);1H. The number of likely N-dealkylation sites (tertiary alicyclic amines) is 1. The van der Waals surface area contributed by atoms with Crippen LogP contribution in [0.25, 0.3) is 0 Å². The third-order valence-electron chi connectivity index (χ3n) is 5.21. The van der Waals surface area contributed by atoms with Gasteiger partial charge in [-0.25, -0.2) is 9.38 Å². The van der Waals surface area contributed by atoms with Crippen LogP contribution < -0.4 is 10.6 Å². The summed E-state index contributed by atoms with van der Waals surface area (Å²) in [7, 11) is 0. The molecule has 5 nitrogen and oxygen atoms in total. The molecular formula is C24H32FIN4OS. The maximum atomic E-state index is 13.6. The first kappa shape index (κ1) is 26.4.